The molecule has 0 radical (unpaired) electrons. The van der Waals surface area contributed by atoms with Gasteiger partial charge in [0.05, 0.1) is 22.2 Å². The van der Waals surface area contributed by atoms with Crippen LogP contribution in [0.5, 0.6) is 0 Å². The topological polar surface area (TPSA) is 58.6 Å². The second kappa shape index (κ2) is 7.46. The lowest BCUT2D eigenvalue weighted by Gasteiger charge is -2.43. The van der Waals surface area contributed by atoms with Crippen LogP contribution in [0, 0.1) is 5.41 Å². The second-order valence-electron chi connectivity index (χ2n) is 6.51. The van der Waals surface area contributed by atoms with Crippen LogP contribution in [0.4, 0.5) is 5.69 Å². The summed E-state index contributed by atoms with van der Waals surface area (Å²) in [6.45, 7) is 0.645. The predicted molar refractivity (Wildman–Crippen MR) is 98.9 cm³/mol. The van der Waals surface area contributed by atoms with Crippen LogP contribution >= 0.6 is 11.6 Å². The summed E-state index contributed by atoms with van der Waals surface area (Å²) in [4.78, 5) is 11.8. The van der Waals surface area contributed by atoms with E-state index in [1.54, 1.807) is 13.2 Å². The number of carbonyl (C=O) groups is 1. The molecule has 3 rings (SSSR count). The molecule has 0 amide bonds. The fourth-order valence-corrected chi connectivity index (χ4v) is 3.65. The Labute approximate surface area is 152 Å². The number of anilines is 1. The van der Waals surface area contributed by atoms with E-state index in [-0.39, 0.29) is 0 Å². The minimum absolute atomic E-state index is 0.478. The molecule has 1 fully saturated rings. The molecule has 5 heteroatoms. The average Bonchev–Trinajstić information content (AvgIpc) is 2.58. The molecular weight excluding hydrogens is 338 g/mol. The Bertz CT molecular complexity index is 744. The van der Waals surface area contributed by atoms with Crippen LogP contribution in [-0.4, -0.2) is 18.2 Å². The first-order chi connectivity index (χ1) is 12.1. The average molecular weight is 360 g/mol. The number of hydrogen-bond donors (Lipinski definition) is 2. The van der Waals surface area contributed by atoms with E-state index in [4.69, 9.17) is 16.3 Å². The number of ether oxygens (including phenoxy) is 1. The quantitative estimate of drug-likeness (QED) is 0.738. The molecule has 0 heterocycles. The van der Waals surface area contributed by atoms with Gasteiger partial charge >= 0.3 is 5.97 Å². The van der Waals surface area contributed by atoms with Gasteiger partial charge in [0.25, 0.3) is 0 Å². The highest BCUT2D eigenvalue weighted by molar-refractivity contribution is 6.33. The molecule has 1 unspecified atom stereocenters. The zero-order valence-electron chi connectivity index (χ0n) is 14.2. The highest BCUT2D eigenvalue weighted by Gasteiger charge is 2.51. The maximum Gasteiger partial charge on any atom is 0.312 e. The smallest absolute Gasteiger partial charge is 0.312 e. The summed E-state index contributed by atoms with van der Waals surface area (Å²) >= 11 is 6.32. The Morgan fingerprint density at radius 3 is 2.56 bits per heavy atom. The van der Waals surface area contributed by atoms with Crippen molar-refractivity contribution in [2.24, 2.45) is 5.41 Å². The molecule has 1 aliphatic rings. The Balaban J connectivity index is 1.83. The van der Waals surface area contributed by atoms with E-state index in [0.717, 1.165) is 23.2 Å². The van der Waals surface area contributed by atoms with E-state index in [1.165, 1.54) is 0 Å². The van der Waals surface area contributed by atoms with Crippen molar-refractivity contribution in [1.82, 2.24) is 0 Å². The van der Waals surface area contributed by atoms with Crippen molar-refractivity contribution in [3.63, 3.8) is 0 Å². The third-order valence-corrected chi connectivity index (χ3v) is 5.36. The number of benzene rings is 2. The lowest BCUT2D eigenvalue weighted by Crippen LogP contribution is -2.44. The molecule has 0 aliphatic heterocycles. The maximum absolute atomic E-state index is 11.8. The van der Waals surface area contributed by atoms with Crippen LogP contribution in [0.3, 0.4) is 0 Å². The van der Waals surface area contributed by atoms with Gasteiger partial charge in [0.1, 0.15) is 0 Å². The van der Waals surface area contributed by atoms with Crippen molar-refractivity contribution >= 4 is 23.3 Å². The van der Waals surface area contributed by atoms with Crippen molar-refractivity contribution in [1.29, 1.82) is 0 Å². The fraction of sp³-hybridized carbons (Fsp3) is 0.350. The van der Waals surface area contributed by atoms with E-state index in [2.05, 4.69) is 5.32 Å². The Hall–Kier alpha value is -2.04. The molecule has 132 valence electrons. The molecule has 0 saturated heterocycles. The lowest BCUT2D eigenvalue weighted by atomic mass is 9.63. The standard InChI is InChI=1S/C20H22ClNO3/c1-25-18(20(19(23)24)10-5-11-20)15-8-9-16(21)17(12-15)22-13-14-6-3-2-4-7-14/h2-4,6-9,12,18,22H,5,10-11,13H2,1H3,(H,23,24). The summed E-state index contributed by atoms with van der Waals surface area (Å²) in [7, 11) is 1.57. The second-order valence-corrected chi connectivity index (χ2v) is 6.92. The van der Waals surface area contributed by atoms with Crippen LogP contribution in [0.2, 0.25) is 5.02 Å². The minimum atomic E-state index is -0.834. The predicted octanol–water partition coefficient (Wildman–Crippen LogP) is 4.89. The minimum Gasteiger partial charge on any atom is -0.481 e. The zero-order chi connectivity index (χ0) is 17.9. The summed E-state index contributed by atoms with van der Waals surface area (Å²) in [6, 6.07) is 15.6. The third-order valence-electron chi connectivity index (χ3n) is 5.03. The summed E-state index contributed by atoms with van der Waals surface area (Å²) < 4.78 is 5.61. The Morgan fingerprint density at radius 1 is 1.28 bits per heavy atom. The van der Waals surface area contributed by atoms with Crippen molar-refractivity contribution in [3.05, 3.63) is 64.7 Å². The third kappa shape index (κ3) is 3.51. The van der Waals surface area contributed by atoms with Gasteiger partial charge in [-0.15, -0.1) is 0 Å². The van der Waals surface area contributed by atoms with Crippen molar-refractivity contribution in [2.45, 2.75) is 31.9 Å². The van der Waals surface area contributed by atoms with Gasteiger partial charge in [-0.05, 0) is 36.1 Å². The van der Waals surface area contributed by atoms with Crippen molar-refractivity contribution < 1.29 is 14.6 Å². The van der Waals surface area contributed by atoms with Crippen molar-refractivity contribution in [3.8, 4) is 0 Å². The number of rotatable bonds is 7. The molecule has 0 aromatic heterocycles. The van der Waals surface area contributed by atoms with Gasteiger partial charge in [0, 0.05) is 13.7 Å². The Kier molecular flexibility index (Phi) is 5.30. The first-order valence-corrected chi connectivity index (χ1v) is 8.78. The van der Waals surface area contributed by atoms with Gasteiger partial charge in [-0.1, -0.05) is 54.4 Å². The summed E-state index contributed by atoms with van der Waals surface area (Å²) in [5, 5.41) is 13.6. The van der Waals surface area contributed by atoms with E-state index in [9.17, 15) is 9.90 Å². The van der Waals surface area contributed by atoms with Gasteiger partial charge in [-0.25, -0.2) is 0 Å². The summed E-state index contributed by atoms with van der Waals surface area (Å²) in [5.74, 6) is -0.792. The summed E-state index contributed by atoms with van der Waals surface area (Å²) in [5.41, 5.74) is 1.93. The maximum atomic E-state index is 11.8. The van der Waals surface area contributed by atoms with Gasteiger partial charge in [-0.2, -0.15) is 0 Å². The molecule has 2 aromatic carbocycles. The fourth-order valence-electron chi connectivity index (χ4n) is 3.46. The van der Waals surface area contributed by atoms with Gasteiger partial charge < -0.3 is 15.2 Å². The number of nitrogens with one attached hydrogen (secondary N) is 1. The first-order valence-electron chi connectivity index (χ1n) is 8.40. The van der Waals surface area contributed by atoms with Gasteiger partial charge in [-0.3, -0.25) is 4.79 Å². The molecule has 2 N–H and O–H groups in total. The molecule has 25 heavy (non-hydrogen) atoms. The molecule has 1 atom stereocenters. The summed E-state index contributed by atoms with van der Waals surface area (Å²) in [6.07, 6.45) is 1.71. The largest absolute Gasteiger partial charge is 0.481 e. The molecule has 0 bridgehead atoms. The van der Waals surface area contributed by atoms with Crippen molar-refractivity contribution in [2.75, 3.05) is 12.4 Å². The molecule has 2 aromatic rings. The first kappa shape index (κ1) is 17.8. The van der Waals surface area contributed by atoms with Crippen LogP contribution in [0.25, 0.3) is 0 Å². The number of aliphatic carboxylic acids is 1. The Morgan fingerprint density at radius 2 is 2.00 bits per heavy atom. The van der Waals surface area contributed by atoms with E-state index in [1.807, 2.05) is 42.5 Å². The highest BCUT2D eigenvalue weighted by atomic mass is 35.5. The number of hydrogen-bond acceptors (Lipinski definition) is 3. The number of halogens is 1. The van der Waals surface area contributed by atoms with Crippen LogP contribution in [0.15, 0.2) is 48.5 Å². The number of carboxylic acid groups (broad SMARTS) is 1. The molecule has 4 nitrogen and oxygen atoms in total. The lowest BCUT2D eigenvalue weighted by molar-refractivity contribution is -0.169. The zero-order valence-corrected chi connectivity index (χ0v) is 14.9. The van der Waals surface area contributed by atoms with Crippen LogP contribution < -0.4 is 5.32 Å². The monoisotopic (exact) mass is 359 g/mol. The van der Waals surface area contributed by atoms with Crippen LogP contribution in [0.1, 0.15) is 36.5 Å². The number of carboxylic acids is 1. The van der Waals surface area contributed by atoms with Crippen LogP contribution in [-0.2, 0) is 16.1 Å². The van der Waals surface area contributed by atoms with E-state index in [0.29, 0.717) is 24.4 Å². The van der Waals surface area contributed by atoms with E-state index >= 15 is 0 Å². The molecule has 1 saturated carbocycles. The van der Waals surface area contributed by atoms with Gasteiger partial charge in [0.2, 0.25) is 0 Å². The molecular formula is C20H22ClNO3. The SMILES string of the molecule is COC(c1ccc(Cl)c(NCc2ccccc2)c1)C1(C(=O)O)CCC1. The molecule has 0 spiro atoms. The highest BCUT2D eigenvalue weighted by Crippen LogP contribution is 2.52. The van der Waals surface area contributed by atoms with E-state index < -0.39 is 17.5 Å². The number of methoxy groups -OCH3 is 1. The molecule has 1 aliphatic carbocycles. The van der Waals surface area contributed by atoms with Gasteiger partial charge in [0.15, 0.2) is 0 Å². The normalized spacial score (nSPS) is 16.7.